The maximum Gasteiger partial charge on any atom is 0.331 e. The van der Waals surface area contributed by atoms with Crippen LogP contribution in [0.25, 0.3) is 0 Å². The van der Waals surface area contributed by atoms with E-state index in [2.05, 4.69) is 0 Å². The number of hydrogen-bond acceptors (Lipinski definition) is 3. The Bertz CT molecular complexity index is 348. The number of hydrogen-bond donors (Lipinski definition) is 2. The highest BCUT2D eigenvalue weighted by molar-refractivity contribution is 5.88. The van der Waals surface area contributed by atoms with E-state index in [1.54, 1.807) is 14.0 Å². The fraction of sp³-hybridized carbons (Fsp3) is 0.667. The average molecular weight is 240 g/mol. The van der Waals surface area contributed by atoms with Gasteiger partial charge in [0, 0.05) is 19.2 Å². The Balaban J connectivity index is 2.77. The van der Waals surface area contributed by atoms with Crippen LogP contribution in [-0.4, -0.2) is 41.5 Å². The Morgan fingerprint density at radius 3 is 2.53 bits per heavy atom. The second-order valence-electron chi connectivity index (χ2n) is 4.58. The maximum absolute atomic E-state index is 11.6. The summed E-state index contributed by atoms with van der Waals surface area (Å²) in [7, 11) is 1.66. The molecule has 0 radical (unpaired) electrons. The van der Waals surface area contributed by atoms with Gasteiger partial charge in [0.05, 0.1) is 6.04 Å². The summed E-state index contributed by atoms with van der Waals surface area (Å²) in [6.45, 7) is 2.01. The highest BCUT2D eigenvalue weighted by Gasteiger charge is 2.21. The highest BCUT2D eigenvalue weighted by atomic mass is 16.4. The van der Waals surface area contributed by atoms with Crippen LogP contribution >= 0.6 is 0 Å². The Morgan fingerprint density at radius 2 is 2.00 bits per heavy atom. The van der Waals surface area contributed by atoms with Gasteiger partial charge >= 0.3 is 5.97 Å². The summed E-state index contributed by atoms with van der Waals surface area (Å²) in [5.74, 6) is -1.02. The molecule has 96 valence electrons. The van der Waals surface area contributed by atoms with E-state index in [4.69, 9.17) is 10.8 Å². The van der Waals surface area contributed by atoms with Crippen LogP contribution in [0, 0.1) is 0 Å². The molecule has 1 amide bonds. The quantitative estimate of drug-likeness (QED) is 0.759. The van der Waals surface area contributed by atoms with Crippen LogP contribution in [0.15, 0.2) is 11.1 Å². The fourth-order valence-electron chi connectivity index (χ4n) is 2.11. The van der Waals surface area contributed by atoms with Crippen LogP contribution in [0.5, 0.6) is 0 Å². The van der Waals surface area contributed by atoms with Gasteiger partial charge < -0.3 is 15.7 Å². The zero-order valence-electron chi connectivity index (χ0n) is 10.4. The van der Waals surface area contributed by atoms with Crippen molar-refractivity contribution in [3.8, 4) is 0 Å². The molecule has 17 heavy (non-hydrogen) atoms. The van der Waals surface area contributed by atoms with Crippen LogP contribution < -0.4 is 5.73 Å². The molecule has 0 saturated heterocycles. The number of nitrogens with two attached hydrogens (primary N) is 1. The van der Waals surface area contributed by atoms with E-state index in [0.717, 1.165) is 24.8 Å². The molecule has 0 aromatic carbocycles. The number of aliphatic carboxylic acids is 1. The Kier molecular flexibility index (Phi) is 4.69. The minimum Gasteiger partial charge on any atom is -0.478 e. The Hall–Kier alpha value is -1.36. The molecule has 0 heterocycles. The van der Waals surface area contributed by atoms with Crippen molar-refractivity contribution in [1.29, 1.82) is 0 Å². The van der Waals surface area contributed by atoms with E-state index in [0.29, 0.717) is 18.5 Å². The predicted molar refractivity (Wildman–Crippen MR) is 64.4 cm³/mol. The van der Waals surface area contributed by atoms with Crippen LogP contribution in [0.1, 0.15) is 32.6 Å². The van der Waals surface area contributed by atoms with E-state index in [1.165, 1.54) is 4.90 Å². The van der Waals surface area contributed by atoms with Crippen LogP contribution in [0.2, 0.25) is 0 Å². The normalized spacial score (nSPS) is 17.8. The standard InChI is InChI=1S/C12H20N2O3/c1-8(13)11(15)14(2)7-9-5-3-4-6-10(9)12(16)17/h8H,3-7,13H2,1-2H3,(H,16,17)/t8-/m0/s1. The number of carbonyl (C=O) groups is 2. The lowest BCUT2D eigenvalue weighted by Crippen LogP contribution is -2.41. The first kappa shape index (κ1) is 13.7. The Labute approximate surface area is 101 Å². The lowest BCUT2D eigenvalue weighted by Gasteiger charge is -2.24. The van der Waals surface area contributed by atoms with Crippen LogP contribution in [-0.2, 0) is 9.59 Å². The van der Waals surface area contributed by atoms with Gasteiger partial charge in [0.25, 0.3) is 0 Å². The Morgan fingerprint density at radius 1 is 1.41 bits per heavy atom. The molecule has 5 heteroatoms. The van der Waals surface area contributed by atoms with Gasteiger partial charge in [-0.2, -0.15) is 0 Å². The third-order valence-corrected chi connectivity index (χ3v) is 3.03. The summed E-state index contributed by atoms with van der Waals surface area (Å²) in [6, 6.07) is -0.544. The first-order chi connectivity index (χ1) is 7.93. The van der Waals surface area contributed by atoms with Crippen molar-refractivity contribution in [3.05, 3.63) is 11.1 Å². The maximum atomic E-state index is 11.6. The summed E-state index contributed by atoms with van der Waals surface area (Å²) >= 11 is 0. The molecule has 0 spiro atoms. The van der Waals surface area contributed by atoms with Gasteiger partial charge in [0.1, 0.15) is 0 Å². The third-order valence-electron chi connectivity index (χ3n) is 3.03. The molecule has 0 aromatic rings. The van der Waals surface area contributed by atoms with E-state index in [-0.39, 0.29) is 5.91 Å². The number of carboxylic acid groups (broad SMARTS) is 1. The highest BCUT2D eigenvalue weighted by Crippen LogP contribution is 2.25. The van der Waals surface area contributed by atoms with Gasteiger partial charge in [0.2, 0.25) is 5.91 Å². The molecule has 0 unspecified atom stereocenters. The SMILES string of the molecule is C[C@H](N)C(=O)N(C)CC1=C(C(=O)O)CCCC1. The second-order valence-corrected chi connectivity index (χ2v) is 4.58. The molecule has 1 aliphatic rings. The monoisotopic (exact) mass is 240 g/mol. The molecule has 1 aliphatic carbocycles. The molecule has 5 nitrogen and oxygen atoms in total. The van der Waals surface area contributed by atoms with Crippen molar-refractivity contribution in [3.63, 3.8) is 0 Å². The zero-order chi connectivity index (χ0) is 13.0. The summed E-state index contributed by atoms with van der Waals surface area (Å²) in [5.41, 5.74) is 6.85. The molecular formula is C12H20N2O3. The summed E-state index contributed by atoms with van der Waals surface area (Å²) in [5, 5.41) is 9.08. The van der Waals surface area contributed by atoms with E-state index >= 15 is 0 Å². The van der Waals surface area contributed by atoms with Crippen molar-refractivity contribution in [2.45, 2.75) is 38.6 Å². The fourth-order valence-corrected chi connectivity index (χ4v) is 2.11. The van der Waals surface area contributed by atoms with Gasteiger partial charge in [-0.05, 0) is 38.2 Å². The number of carbonyl (C=O) groups excluding carboxylic acids is 1. The number of likely N-dealkylation sites (N-methyl/N-ethyl adjacent to an activating group) is 1. The first-order valence-corrected chi connectivity index (χ1v) is 5.88. The van der Waals surface area contributed by atoms with Crippen LogP contribution in [0.3, 0.4) is 0 Å². The number of nitrogens with zero attached hydrogens (tertiary/aromatic N) is 1. The van der Waals surface area contributed by atoms with Gasteiger partial charge in [-0.15, -0.1) is 0 Å². The largest absolute Gasteiger partial charge is 0.478 e. The predicted octanol–water partition coefficient (Wildman–Crippen LogP) is 0.747. The molecule has 0 aromatic heterocycles. The molecule has 1 atom stereocenters. The third kappa shape index (κ3) is 3.56. The van der Waals surface area contributed by atoms with Crippen molar-refractivity contribution < 1.29 is 14.7 Å². The van der Waals surface area contributed by atoms with Crippen molar-refractivity contribution in [1.82, 2.24) is 4.90 Å². The van der Waals surface area contributed by atoms with Crippen LogP contribution in [0.4, 0.5) is 0 Å². The number of amides is 1. The topological polar surface area (TPSA) is 83.6 Å². The molecule has 0 fully saturated rings. The number of rotatable bonds is 4. The van der Waals surface area contributed by atoms with E-state index in [1.807, 2.05) is 0 Å². The first-order valence-electron chi connectivity index (χ1n) is 5.88. The minimum atomic E-state index is -0.860. The second kappa shape index (κ2) is 5.82. The van der Waals surface area contributed by atoms with E-state index in [9.17, 15) is 9.59 Å². The van der Waals surface area contributed by atoms with Crippen molar-refractivity contribution >= 4 is 11.9 Å². The summed E-state index contributed by atoms with van der Waals surface area (Å²) < 4.78 is 0. The molecule has 3 N–H and O–H groups in total. The minimum absolute atomic E-state index is 0.159. The van der Waals surface area contributed by atoms with Gasteiger partial charge in [-0.1, -0.05) is 0 Å². The smallest absolute Gasteiger partial charge is 0.331 e. The van der Waals surface area contributed by atoms with Gasteiger partial charge in [-0.25, -0.2) is 4.79 Å². The lowest BCUT2D eigenvalue weighted by molar-refractivity contribution is -0.133. The average Bonchev–Trinajstić information content (AvgIpc) is 2.28. The van der Waals surface area contributed by atoms with E-state index < -0.39 is 12.0 Å². The number of carboxylic acids is 1. The van der Waals surface area contributed by atoms with Crippen molar-refractivity contribution in [2.24, 2.45) is 5.73 Å². The molecule has 0 bridgehead atoms. The molecule has 0 saturated carbocycles. The molecular weight excluding hydrogens is 220 g/mol. The summed E-state index contributed by atoms with van der Waals surface area (Å²) in [4.78, 5) is 24.2. The van der Waals surface area contributed by atoms with Gasteiger partial charge in [0.15, 0.2) is 0 Å². The van der Waals surface area contributed by atoms with Crippen molar-refractivity contribution in [2.75, 3.05) is 13.6 Å². The lowest BCUT2D eigenvalue weighted by atomic mass is 9.91. The molecule has 1 rings (SSSR count). The molecule has 0 aliphatic heterocycles. The van der Waals surface area contributed by atoms with Gasteiger partial charge in [-0.3, -0.25) is 4.79 Å². The zero-order valence-corrected chi connectivity index (χ0v) is 10.4. The summed E-state index contributed by atoms with van der Waals surface area (Å²) in [6.07, 6.45) is 3.27.